The van der Waals surface area contributed by atoms with E-state index < -0.39 is 11.7 Å². The van der Waals surface area contributed by atoms with Gasteiger partial charge >= 0.3 is 0 Å². The Morgan fingerprint density at radius 2 is 1.86 bits per heavy atom. The minimum Gasteiger partial charge on any atom is -0.495 e. The molecule has 0 heterocycles. The standard InChI is InChI=1S/C16H15FN2O3/c1-10(20)18-13-6-7-15(22-2)14(9-13)19-16(21)11-4-3-5-12(17)8-11/h3-9H,1-2H3,(H,18,20)(H,19,21). The van der Waals surface area contributed by atoms with Gasteiger partial charge in [0.2, 0.25) is 5.91 Å². The predicted molar refractivity (Wildman–Crippen MR) is 81.7 cm³/mol. The molecule has 0 unspecified atom stereocenters. The molecule has 0 bridgehead atoms. The Morgan fingerprint density at radius 1 is 1.09 bits per heavy atom. The van der Waals surface area contributed by atoms with Gasteiger partial charge < -0.3 is 15.4 Å². The summed E-state index contributed by atoms with van der Waals surface area (Å²) in [5.41, 5.74) is 1.08. The van der Waals surface area contributed by atoms with Crippen molar-refractivity contribution in [3.05, 3.63) is 53.8 Å². The average Bonchev–Trinajstić information content (AvgIpc) is 2.47. The Balaban J connectivity index is 2.26. The van der Waals surface area contributed by atoms with E-state index in [-0.39, 0.29) is 11.5 Å². The van der Waals surface area contributed by atoms with E-state index in [0.29, 0.717) is 17.1 Å². The van der Waals surface area contributed by atoms with Gasteiger partial charge in [0.25, 0.3) is 5.91 Å². The molecule has 0 spiro atoms. The normalized spacial score (nSPS) is 9.95. The number of anilines is 2. The fourth-order valence-electron chi connectivity index (χ4n) is 1.91. The molecule has 2 N–H and O–H groups in total. The number of carbonyl (C=O) groups excluding carboxylic acids is 2. The van der Waals surface area contributed by atoms with E-state index in [9.17, 15) is 14.0 Å². The van der Waals surface area contributed by atoms with E-state index in [1.54, 1.807) is 18.2 Å². The Hall–Kier alpha value is -2.89. The molecule has 2 aromatic rings. The molecule has 114 valence electrons. The summed E-state index contributed by atoms with van der Waals surface area (Å²) < 4.78 is 18.3. The van der Waals surface area contributed by atoms with Crippen molar-refractivity contribution in [2.24, 2.45) is 0 Å². The van der Waals surface area contributed by atoms with Crippen LogP contribution in [0.1, 0.15) is 17.3 Å². The van der Waals surface area contributed by atoms with Gasteiger partial charge in [-0.15, -0.1) is 0 Å². The number of carbonyl (C=O) groups is 2. The Labute approximate surface area is 127 Å². The zero-order valence-corrected chi connectivity index (χ0v) is 12.1. The third kappa shape index (κ3) is 3.82. The molecular formula is C16H15FN2O3. The van der Waals surface area contributed by atoms with Gasteiger partial charge in [-0.05, 0) is 36.4 Å². The average molecular weight is 302 g/mol. The van der Waals surface area contributed by atoms with Gasteiger partial charge in [-0.25, -0.2) is 4.39 Å². The largest absolute Gasteiger partial charge is 0.495 e. The van der Waals surface area contributed by atoms with Gasteiger partial charge in [-0.2, -0.15) is 0 Å². The quantitative estimate of drug-likeness (QED) is 0.912. The molecule has 0 saturated carbocycles. The third-order valence-electron chi connectivity index (χ3n) is 2.85. The molecule has 0 fully saturated rings. The summed E-state index contributed by atoms with van der Waals surface area (Å²) in [6, 6.07) is 10.2. The maximum absolute atomic E-state index is 13.2. The van der Waals surface area contributed by atoms with Crippen LogP contribution in [-0.4, -0.2) is 18.9 Å². The summed E-state index contributed by atoms with van der Waals surface area (Å²) in [6.07, 6.45) is 0. The fourth-order valence-corrected chi connectivity index (χ4v) is 1.91. The highest BCUT2D eigenvalue weighted by Gasteiger charge is 2.11. The lowest BCUT2D eigenvalue weighted by Crippen LogP contribution is -2.13. The number of benzene rings is 2. The smallest absolute Gasteiger partial charge is 0.255 e. The van der Waals surface area contributed by atoms with Crippen LogP contribution < -0.4 is 15.4 Å². The van der Waals surface area contributed by atoms with Crippen molar-refractivity contribution < 1.29 is 18.7 Å². The van der Waals surface area contributed by atoms with Crippen molar-refractivity contribution >= 4 is 23.2 Å². The molecule has 2 amide bonds. The lowest BCUT2D eigenvalue weighted by molar-refractivity contribution is -0.114. The maximum atomic E-state index is 13.2. The monoisotopic (exact) mass is 302 g/mol. The second-order valence-electron chi connectivity index (χ2n) is 4.56. The van der Waals surface area contributed by atoms with E-state index in [0.717, 1.165) is 6.07 Å². The highest BCUT2D eigenvalue weighted by molar-refractivity contribution is 6.05. The van der Waals surface area contributed by atoms with Crippen molar-refractivity contribution in [1.82, 2.24) is 0 Å². The Kier molecular flexibility index (Phi) is 4.73. The second kappa shape index (κ2) is 6.71. The number of rotatable bonds is 4. The van der Waals surface area contributed by atoms with Crippen molar-refractivity contribution in [2.45, 2.75) is 6.92 Å². The molecule has 0 atom stereocenters. The molecule has 0 aromatic heterocycles. The van der Waals surface area contributed by atoms with Crippen LogP contribution >= 0.6 is 0 Å². The second-order valence-corrected chi connectivity index (χ2v) is 4.56. The first-order chi connectivity index (χ1) is 10.5. The van der Waals surface area contributed by atoms with Gasteiger partial charge in [-0.1, -0.05) is 6.07 Å². The third-order valence-corrected chi connectivity index (χ3v) is 2.85. The summed E-state index contributed by atoms with van der Waals surface area (Å²) in [4.78, 5) is 23.2. The molecule has 2 aromatic carbocycles. The molecule has 0 aliphatic rings. The summed E-state index contributed by atoms with van der Waals surface area (Å²) in [6.45, 7) is 1.38. The van der Waals surface area contributed by atoms with Gasteiger partial charge in [0.1, 0.15) is 11.6 Å². The van der Waals surface area contributed by atoms with Gasteiger partial charge in [0.15, 0.2) is 0 Å². The van der Waals surface area contributed by atoms with Crippen LogP contribution in [0, 0.1) is 5.82 Å². The number of halogens is 1. The minimum atomic E-state index is -0.494. The maximum Gasteiger partial charge on any atom is 0.255 e. The molecule has 0 radical (unpaired) electrons. The number of nitrogens with one attached hydrogen (secondary N) is 2. The first-order valence-electron chi connectivity index (χ1n) is 6.52. The summed E-state index contributed by atoms with van der Waals surface area (Å²) in [7, 11) is 1.46. The SMILES string of the molecule is COc1ccc(NC(C)=O)cc1NC(=O)c1cccc(F)c1. The lowest BCUT2D eigenvalue weighted by Gasteiger charge is -2.12. The van der Waals surface area contributed by atoms with E-state index >= 15 is 0 Å². The topological polar surface area (TPSA) is 67.4 Å². The van der Waals surface area contributed by atoms with Gasteiger partial charge in [-0.3, -0.25) is 9.59 Å². The van der Waals surface area contributed by atoms with Crippen LogP contribution in [-0.2, 0) is 4.79 Å². The van der Waals surface area contributed by atoms with Crippen LogP contribution in [0.4, 0.5) is 15.8 Å². The van der Waals surface area contributed by atoms with Crippen LogP contribution in [0.15, 0.2) is 42.5 Å². The van der Waals surface area contributed by atoms with Crippen LogP contribution in [0.3, 0.4) is 0 Å². The molecule has 6 heteroatoms. The van der Waals surface area contributed by atoms with Gasteiger partial charge in [0.05, 0.1) is 12.8 Å². The van der Waals surface area contributed by atoms with Crippen LogP contribution in [0.5, 0.6) is 5.75 Å². The summed E-state index contributed by atoms with van der Waals surface area (Å²) >= 11 is 0. The van der Waals surface area contributed by atoms with Crippen LogP contribution in [0.25, 0.3) is 0 Å². The van der Waals surface area contributed by atoms with E-state index in [1.165, 1.54) is 32.2 Å². The number of hydrogen-bond acceptors (Lipinski definition) is 3. The first kappa shape index (κ1) is 15.5. The molecule has 2 rings (SSSR count). The summed E-state index contributed by atoms with van der Waals surface area (Å²) in [5.74, 6) is -0.768. The molecule has 22 heavy (non-hydrogen) atoms. The predicted octanol–water partition coefficient (Wildman–Crippen LogP) is 3.05. The minimum absolute atomic E-state index is 0.187. The number of hydrogen-bond donors (Lipinski definition) is 2. The fraction of sp³-hybridized carbons (Fsp3) is 0.125. The molecule has 0 saturated heterocycles. The zero-order valence-electron chi connectivity index (χ0n) is 12.1. The molecule has 5 nitrogen and oxygen atoms in total. The van der Waals surface area contributed by atoms with Crippen LogP contribution in [0.2, 0.25) is 0 Å². The summed E-state index contributed by atoms with van der Waals surface area (Å²) in [5, 5.41) is 5.25. The Bertz CT molecular complexity index is 716. The number of amides is 2. The molecular weight excluding hydrogens is 287 g/mol. The van der Waals surface area contributed by atoms with Crippen molar-refractivity contribution in [1.29, 1.82) is 0 Å². The zero-order chi connectivity index (χ0) is 16.1. The lowest BCUT2D eigenvalue weighted by atomic mass is 10.2. The molecule has 0 aliphatic heterocycles. The van der Waals surface area contributed by atoms with Crippen molar-refractivity contribution in [3.8, 4) is 5.75 Å². The molecule has 0 aliphatic carbocycles. The van der Waals surface area contributed by atoms with Crippen molar-refractivity contribution in [2.75, 3.05) is 17.7 Å². The van der Waals surface area contributed by atoms with Crippen molar-refractivity contribution in [3.63, 3.8) is 0 Å². The highest BCUT2D eigenvalue weighted by atomic mass is 19.1. The van der Waals surface area contributed by atoms with E-state index in [4.69, 9.17) is 4.74 Å². The highest BCUT2D eigenvalue weighted by Crippen LogP contribution is 2.28. The number of methoxy groups -OCH3 is 1. The first-order valence-corrected chi connectivity index (χ1v) is 6.52. The van der Waals surface area contributed by atoms with Gasteiger partial charge in [0, 0.05) is 18.2 Å². The Morgan fingerprint density at radius 3 is 2.50 bits per heavy atom. The van der Waals surface area contributed by atoms with E-state index in [2.05, 4.69) is 10.6 Å². The van der Waals surface area contributed by atoms with E-state index in [1.807, 2.05) is 0 Å². The number of ether oxygens (including phenoxy) is 1.